The third-order valence-corrected chi connectivity index (χ3v) is 6.01. The minimum absolute atomic E-state index is 0.176. The minimum atomic E-state index is -0.564. The molecular formula is C25H26ClN5O4. The van der Waals surface area contributed by atoms with Crippen molar-refractivity contribution in [2.24, 2.45) is 0 Å². The van der Waals surface area contributed by atoms with E-state index in [4.69, 9.17) is 16.3 Å². The summed E-state index contributed by atoms with van der Waals surface area (Å²) in [4.78, 5) is 39.9. The van der Waals surface area contributed by atoms with Crippen molar-refractivity contribution in [3.8, 4) is 5.75 Å². The average molecular weight is 496 g/mol. The molecule has 35 heavy (non-hydrogen) atoms. The van der Waals surface area contributed by atoms with Crippen LogP contribution in [0.3, 0.4) is 0 Å². The van der Waals surface area contributed by atoms with Gasteiger partial charge in [-0.1, -0.05) is 41.9 Å². The van der Waals surface area contributed by atoms with E-state index >= 15 is 0 Å². The molecule has 4 rings (SSSR count). The SMILES string of the molecule is CCn1nc(C)c2c1c(=O)n(CCc1ccccc1)c(=O)n2CC(=O)Nc1cc(Cl)ccc1OC. The number of fused-ring (bicyclic) bond motifs is 1. The van der Waals surface area contributed by atoms with Crippen molar-refractivity contribution < 1.29 is 9.53 Å². The molecule has 0 saturated carbocycles. The molecule has 2 aromatic carbocycles. The average Bonchev–Trinajstić information content (AvgIpc) is 3.19. The van der Waals surface area contributed by atoms with Crippen molar-refractivity contribution in [1.82, 2.24) is 18.9 Å². The van der Waals surface area contributed by atoms with E-state index in [1.807, 2.05) is 37.3 Å². The molecule has 0 radical (unpaired) electrons. The number of aromatic nitrogens is 4. The van der Waals surface area contributed by atoms with Gasteiger partial charge in [0.1, 0.15) is 17.8 Å². The lowest BCUT2D eigenvalue weighted by atomic mass is 10.1. The number of halogens is 1. The summed E-state index contributed by atoms with van der Waals surface area (Å²) in [6.07, 6.45) is 0.493. The molecular weight excluding hydrogens is 470 g/mol. The van der Waals surface area contributed by atoms with Gasteiger partial charge in [-0.15, -0.1) is 0 Å². The summed E-state index contributed by atoms with van der Waals surface area (Å²) in [5.41, 5.74) is 1.54. The molecule has 9 nitrogen and oxygen atoms in total. The number of methoxy groups -OCH3 is 1. The molecule has 2 aromatic heterocycles. The first-order chi connectivity index (χ1) is 16.8. The van der Waals surface area contributed by atoms with E-state index in [0.29, 0.717) is 46.2 Å². The van der Waals surface area contributed by atoms with Gasteiger partial charge in [0.2, 0.25) is 5.91 Å². The van der Waals surface area contributed by atoms with Crippen LogP contribution in [0, 0.1) is 6.92 Å². The molecule has 10 heteroatoms. The maximum atomic E-state index is 13.5. The number of aryl methyl sites for hydroxylation is 3. The number of rotatable bonds is 8. The van der Waals surface area contributed by atoms with Crippen LogP contribution in [0.15, 0.2) is 58.1 Å². The fourth-order valence-corrected chi connectivity index (χ4v) is 4.30. The van der Waals surface area contributed by atoms with Crippen LogP contribution >= 0.6 is 11.6 Å². The van der Waals surface area contributed by atoms with Gasteiger partial charge in [-0.3, -0.25) is 23.4 Å². The number of ether oxygens (including phenoxy) is 1. The third kappa shape index (κ3) is 4.85. The minimum Gasteiger partial charge on any atom is -0.495 e. The lowest BCUT2D eigenvalue weighted by molar-refractivity contribution is -0.116. The predicted octanol–water partition coefficient (Wildman–Crippen LogP) is 3.23. The zero-order valence-corrected chi connectivity index (χ0v) is 20.5. The van der Waals surface area contributed by atoms with Gasteiger partial charge >= 0.3 is 5.69 Å². The Balaban J connectivity index is 1.77. The number of hydrogen-bond acceptors (Lipinski definition) is 5. The van der Waals surface area contributed by atoms with Crippen LogP contribution in [-0.2, 0) is 30.8 Å². The smallest absolute Gasteiger partial charge is 0.332 e. The fourth-order valence-electron chi connectivity index (χ4n) is 4.13. The molecule has 4 aromatic rings. The molecule has 182 valence electrons. The van der Waals surface area contributed by atoms with Gasteiger partial charge in [0.05, 0.1) is 18.5 Å². The topological polar surface area (TPSA) is 100 Å². The van der Waals surface area contributed by atoms with Crippen molar-refractivity contribution in [3.63, 3.8) is 0 Å². The summed E-state index contributed by atoms with van der Waals surface area (Å²) >= 11 is 6.07. The first kappa shape index (κ1) is 24.3. The number of nitrogens with one attached hydrogen (secondary N) is 1. The summed E-state index contributed by atoms with van der Waals surface area (Å²) in [5.74, 6) is -0.0334. The molecule has 0 aliphatic carbocycles. The van der Waals surface area contributed by atoms with Crippen LogP contribution in [0.1, 0.15) is 18.2 Å². The number of anilines is 1. The number of benzene rings is 2. The van der Waals surface area contributed by atoms with E-state index in [1.54, 1.807) is 29.8 Å². The molecule has 1 amide bonds. The van der Waals surface area contributed by atoms with E-state index < -0.39 is 17.2 Å². The van der Waals surface area contributed by atoms with Crippen molar-refractivity contribution in [2.45, 2.75) is 39.9 Å². The zero-order chi connectivity index (χ0) is 25.1. The zero-order valence-electron chi connectivity index (χ0n) is 19.7. The number of nitrogens with zero attached hydrogens (tertiary/aromatic N) is 4. The molecule has 0 saturated heterocycles. The standard InChI is InChI=1S/C25H26ClN5O4/c1-4-31-23-22(16(2)28-31)30(15-21(32)27-19-14-18(26)10-11-20(19)35-3)25(34)29(24(23)33)13-12-17-8-6-5-7-9-17/h5-11,14H,4,12-13,15H2,1-3H3,(H,27,32). The Morgan fingerprint density at radius 1 is 1.09 bits per heavy atom. The summed E-state index contributed by atoms with van der Waals surface area (Å²) in [6, 6.07) is 14.5. The molecule has 0 spiro atoms. The Kier molecular flexibility index (Phi) is 7.07. The van der Waals surface area contributed by atoms with E-state index in [1.165, 1.54) is 16.2 Å². The van der Waals surface area contributed by atoms with Gasteiger partial charge in [-0.2, -0.15) is 5.10 Å². The van der Waals surface area contributed by atoms with Gasteiger partial charge in [0.25, 0.3) is 5.56 Å². The largest absolute Gasteiger partial charge is 0.495 e. The van der Waals surface area contributed by atoms with E-state index in [9.17, 15) is 14.4 Å². The number of amides is 1. The second-order valence-electron chi connectivity index (χ2n) is 8.05. The summed E-state index contributed by atoms with van der Waals surface area (Å²) in [5, 5.41) is 7.61. The molecule has 2 heterocycles. The van der Waals surface area contributed by atoms with Crippen LogP contribution in [0.25, 0.3) is 11.0 Å². The van der Waals surface area contributed by atoms with E-state index in [-0.39, 0.29) is 13.1 Å². The number of carbonyl (C=O) groups excluding carboxylic acids is 1. The first-order valence-electron chi connectivity index (χ1n) is 11.2. The highest BCUT2D eigenvalue weighted by Gasteiger charge is 2.22. The molecule has 0 bridgehead atoms. The highest BCUT2D eigenvalue weighted by Crippen LogP contribution is 2.27. The highest BCUT2D eigenvalue weighted by atomic mass is 35.5. The quantitative estimate of drug-likeness (QED) is 0.404. The summed E-state index contributed by atoms with van der Waals surface area (Å²) < 4.78 is 9.34. The van der Waals surface area contributed by atoms with Gasteiger partial charge in [-0.05, 0) is 44.0 Å². The van der Waals surface area contributed by atoms with Gasteiger partial charge in [0, 0.05) is 18.1 Å². The van der Waals surface area contributed by atoms with Gasteiger partial charge in [0.15, 0.2) is 5.52 Å². The predicted molar refractivity (Wildman–Crippen MR) is 135 cm³/mol. The second kappa shape index (κ2) is 10.2. The monoisotopic (exact) mass is 495 g/mol. The van der Waals surface area contributed by atoms with Crippen molar-refractivity contribution in [3.05, 3.63) is 85.6 Å². The van der Waals surface area contributed by atoms with Crippen molar-refractivity contribution in [1.29, 1.82) is 0 Å². The highest BCUT2D eigenvalue weighted by molar-refractivity contribution is 6.31. The van der Waals surface area contributed by atoms with Gasteiger partial charge < -0.3 is 10.1 Å². The molecule has 0 unspecified atom stereocenters. The first-order valence-corrected chi connectivity index (χ1v) is 11.6. The summed E-state index contributed by atoms with van der Waals surface area (Å²) in [7, 11) is 1.48. The number of carbonyl (C=O) groups is 1. The molecule has 0 atom stereocenters. The van der Waals surface area contributed by atoms with Crippen LogP contribution in [0.5, 0.6) is 5.75 Å². The van der Waals surface area contributed by atoms with Crippen LogP contribution < -0.4 is 21.3 Å². The van der Waals surface area contributed by atoms with E-state index in [2.05, 4.69) is 10.4 Å². The summed E-state index contributed by atoms with van der Waals surface area (Å²) in [6.45, 7) is 3.90. The molecule has 0 aliphatic heterocycles. The van der Waals surface area contributed by atoms with Crippen LogP contribution in [-0.4, -0.2) is 31.9 Å². The second-order valence-corrected chi connectivity index (χ2v) is 8.49. The van der Waals surface area contributed by atoms with Gasteiger partial charge in [-0.25, -0.2) is 4.79 Å². The lowest BCUT2D eigenvalue weighted by Crippen LogP contribution is -2.42. The fraction of sp³-hybridized carbons (Fsp3) is 0.280. The lowest BCUT2D eigenvalue weighted by Gasteiger charge is -2.14. The maximum absolute atomic E-state index is 13.5. The molecule has 0 fully saturated rings. The Bertz CT molecular complexity index is 1500. The third-order valence-electron chi connectivity index (χ3n) is 5.78. The van der Waals surface area contributed by atoms with Crippen LogP contribution in [0.2, 0.25) is 5.02 Å². The Hall–Kier alpha value is -3.85. The maximum Gasteiger partial charge on any atom is 0.332 e. The Morgan fingerprint density at radius 2 is 1.83 bits per heavy atom. The van der Waals surface area contributed by atoms with E-state index in [0.717, 1.165) is 5.56 Å². The molecule has 0 aliphatic rings. The molecule has 1 N–H and O–H groups in total. The Labute approximate surface area is 206 Å². The Morgan fingerprint density at radius 3 is 2.51 bits per heavy atom. The number of hydrogen-bond donors (Lipinski definition) is 1. The van der Waals surface area contributed by atoms with Crippen molar-refractivity contribution in [2.75, 3.05) is 12.4 Å². The van der Waals surface area contributed by atoms with Crippen LogP contribution in [0.4, 0.5) is 5.69 Å². The van der Waals surface area contributed by atoms with Crippen molar-refractivity contribution >= 4 is 34.2 Å². The normalized spacial score (nSPS) is 11.1.